The number of hydrogen-bond donors (Lipinski definition) is 1. The molecule has 4 aromatic rings. The van der Waals surface area contributed by atoms with Gasteiger partial charge in [-0.1, -0.05) is 60.3 Å². The number of nitro groups is 1. The first-order valence-electron chi connectivity index (χ1n) is 11.9. The third-order valence-corrected chi connectivity index (χ3v) is 6.63. The number of nitrogens with one attached hydrogen (secondary N) is 1. The third-order valence-electron chi connectivity index (χ3n) is 5.66. The Labute approximate surface area is 229 Å². The number of carbonyl (C=O) groups excluding carboxylic acids is 1. The van der Waals surface area contributed by atoms with E-state index in [-0.39, 0.29) is 17.1 Å². The van der Waals surface area contributed by atoms with E-state index < -0.39 is 10.8 Å². The summed E-state index contributed by atoms with van der Waals surface area (Å²) in [5.41, 5.74) is 2.99. The summed E-state index contributed by atoms with van der Waals surface area (Å²) >= 11 is 1.08. The van der Waals surface area contributed by atoms with Crippen molar-refractivity contribution >= 4 is 29.0 Å². The van der Waals surface area contributed by atoms with Gasteiger partial charge in [0, 0.05) is 17.2 Å². The standard InChI is InChI=1S/C29H24N4O5S/c1-3-38-26-14-13-20(15-27(26)37-2)21-16-24(19-9-5-4-6-10-19)32-29(22(21)17-30)39-18-28(34)31-23-11-7-8-12-25(23)33(35)36/h4-16H,3,18H2,1-2H3,(H,31,34). The van der Waals surface area contributed by atoms with Crippen molar-refractivity contribution in [2.24, 2.45) is 0 Å². The highest BCUT2D eigenvalue weighted by Gasteiger charge is 2.20. The number of pyridine rings is 1. The van der Waals surface area contributed by atoms with E-state index in [4.69, 9.17) is 14.5 Å². The zero-order chi connectivity index (χ0) is 27.8. The van der Waals surface area contributed by atoms with Crippen molar-refractivity contribution in [2.45, 2.75) is 11.9 Å². The Hall–Kier alpha value is -4.88. The second-order valence-electron chi connectivity index (χ2n) is 8.12. The maximum absolute atomic E-state index is 12.8. The number of amides is 1. The van der Waals surface area contributed by atoms with Gasteiger partial charge in [-0.2, -0.15) is 5.26 Å². The number of anilines is 1. The van der Waals surface area contributed by atoms with E-state index in [2.05, 4.69) is 11.4 Å². The molecule has 0 saturated heterocycles. The summed E-state index contributed by atoms with van der Waals surface area (Å²) in [4.78, 5) is 28.2. The smallest absolute Gasteiger partial charge is 0.292 e. The Balaban J connectivity index is 1.72. The molecule has 0 unspecified atom stereocenters. The van der Waals surface area contributed by atoms with Crippen LogP contribution in [0.1, 0.15) is 12.5 Å². The Bertz CT molecular complexity index is 1550. The van der Waals surface area contributed by atoms with Crippen molar-refractivity contribution < 1.29 is 19.2 Å². The molecule has 4 rings (SSSR count). The Morgan fingerprint density at radius 2 is 1.79 bits per heavy atom. The molecule has 3 aromatic carbocycles. The number of aromatic nitrogens is 1. The molecule has 1 aromatic heterocycles. The average Bonchev–Trinajstić information content (AvgIpc) is 2.96. The summed E-state index contributed by atoms with van der Waals surface area (Å²) in [5, 5.41) is 24.4. The monoisotopic (exact) mass is 540 g/mol. The first-order valence-corrected chi connectivity index (χ1v) is 12.9. The number of methoxy groups -OCH3 is 1. The van der Waals surface area contributed by atoms with Gasteiger partial charge in [-0.3, -0.25) is 14.9 Å². The lowest BCUT2D eigenvalue weighted by molar-refractivity contribution is -0.383. The zero-order valence-corrected chi connectivity index (χ0v) is 22.0. The Kier molecular flexibility index (Phi) is 8.76. The lowest BCUT2D eigenvalue weighted by atomic mass is 9.99. The zero-order valence-electron chi connectivity index (χ0n) is 21.2. The second-order valence-corrected chi connectivity index (χ2v) is 9.09. The number of carbonyl (C=O) groups is 1. The van der Waals surface area contributed by atoms with Crippen LogP contribution < -0.4 is 14.8 Å². The van der Waals surface area contributed by atoms with Gasteiger partial charge < -0.3 is 14.8 Å². The number of rotatable bonds is 10. The third kappa shape index (κ3) is 6.34. The van der Waals surface area contributed by atoms with E-state index in [9.17, 15) is 20.2 Å². The minimum absolute atomic E-state index is 0.0989. The molecule has 0 aliphatic carbocycles. The molecule has 1 heterocycles. The van der Waals surface area contributed by atoms with E-state index in [1.807, 2.05) is 49.4 Å². The van der Waals surface area contributed by atoms with E-state index in [0.29, 0.717) is 40.0 Å². The van der Waals surface area contributed by atoms with E-state index in [0.717, 1.165) is 22.9 Å². The minimum atomic E-state index is -0.557. The molecule has 0 atom stereocenters. The molecule has 0 aliphatic heterocycles. The molecular weight excluding hydrogens is 516 g/mol. The molecule has 9 nitrogen and oxygen atoms in total. The number of nitro benzene ring substituents is 1. The van der Waals surface area contributed by atoms with Crippen molar-refractivity contribution in [1.29, 1.82) is 5.26 Å². The van der Waals surface area contributed by atoms with Gasteiger partial charge >= 0.3 is 0 Å². The fraction of sp³-hybridized carbons (Fsp3) is 0.138. The number of ether oxygens (including phenoxy) is 2. The molecule has 10 heteroatoms. The normalized spacial score (nSPS) is 10.4. The Morgan fingerprint density at radius 1 is 1.05 bits per heavy atom. The topological polar surface area (TPSA) is 127 Å². The quantitative estimate of drug-likeness (QED) is 0.140. The van der Waals surface area contributed by atoms with E-state index in [1.165, 1.54) is 18.2 Å². The molecule has 0 saturated carbocycles. The predicted octanol–water partition coefficient (Wildman–Crippen LogP) is 6.33. The fourth-order valence-electron chi connectivity index (χ4n) is 3.89. The van der Waals surface area contributed by atoms with Gasteiger partial charge in [0.2, 0.25) is 5.91 Å². The van der Waals surface area contributed by atoms with Crippen LogP contribution in [0.2, 0.25) is 0 Å². The molecule has 0 bridgehead atoms. The molecule has 39 heavy (non-hydrogen) atoms. The molecule has 0 radical (unpaired) electrons. The van der Waals surface area contributed by atoms with Crippen LogP contribution in [0, 0.1) is 21.4 Å². The highest BCUT2D eigenvalue weighted by atomic mass is 32.2. The summed E-state index contributed by atoms with van der Waals surface area (Å²) in [6.07, 6.45) is 0. The predicted molar refractivity (Wildman–Crippen MR) is 150 cm³/mol. The Morgan fingerprint density at radius 3 is 2.49 bits per heavy atom. The molecular formula is C29H24N4O5S. The summed E-state index contributed by atoms with van der Waals surface area (Å²) in [6.45, 7) is 2.35. The molecule has 0 aliphatic rings. The largest absolute Gasteiger partial charge is 0.493 e. The summed E-state index contributed by atoms with van der Waals surface area (Å²) in [7, 11) is 1.55. The lowest BCUT2D eigenvalue weighted by Crippen LogP contribution is -2.15. The minimum Gasteiger partial charge on any atom is -0.493 e. The van der Waals surface area contributed by atoms with Crippen LogP contribution in [-0.2, 0) is 4.79 Å². The molecule has 196 valence electrons. The van der Waals surface area contributed by atoms with Gasteiger partial charge in [-0.25, -0.2) is 4.98 Å². The van der Waals surface area contributed by atoms with Crippen LogP contribution in [0.25, 0.3) is 22.4 Å². The van der Waals surface area contributed by atoms with Gasteiger partial charge in [-0.15, -0.1) is 0 Å². The van der Waals surface area contributed by atoms with Crippen LogP contribution in [0.3, 0.4) is 0 Å². The van der Waals surface area contributed by atoms with E-state index in [1.54, 1.807) is 25.3 Å². The maximum Gasteiger partial charge on any atom is 0.292 e. The van der Waals surface area contributed by atoms with Gasteiger partial charge in [0.05, 0.1) is 35.7 Å². The summed E-state index contributed by atoms with van der Waals surface area (Å²) in [5.74, 6) is 0.530. The SMILES string of the molecule is CCOc1ccc(-c2cc(-c3ccccc3)nc(SCC(=O)Nc3ccccc3[N+](=O)[O-])c2C#N)cc1OC. The van der Waals surface area contributed by atoms with Gasteiger partial charge in [0.1, 0.15) is 16.8 Å². The molecule has 0 spiro atoms. The van der Waals surface area contributed by atoms with Gasteiger partial charge in [-0.05, 0) is 36.8 Å². The lowest BCUT2D eigenvalue weighted by Gasteiger charge is -2.15. The van der Waals surface area contributed by atoms with Crippen molar-refractivity contribution in [3.05, 3.63) is 94.5 Å². The number of thioether (sulfide) groups is 1. The fourth-order valence-corrected chi connectivity index (χ4v) is 4.69. The first-order chi connectivity index (χ1) is 18.9. The van der Waals surface area contributed by atoms with Gasteiger partial charge in [0.25, 0.3) is 5.69 Å². The van der Waals surface area contributed by atoms with Gasteiger partial charge in [0.15, 0.2) is 11.5 Å². The van der Waals surface area contributed by atoms with E-state index >= 15 is 0 Å². The summed E-state index contributed by atoms with van der Waals surface area (Å²) in [6, 6.07) is 24.9. The maximum atomic E-state index is 12.8. The second kappa shape index (κ2) is 12.6. The number of para-hydroxylation sites is 2. The molecule has 0 fully saturated rings. The number of nitriles is 1. The van der Waals surface area contributed by atoms with Crippen LogP contribution in [-0.4, -0.2) is 35.3 Å². The number of hydrogen-bond acceptors (Lipinski definition) is 8. The summed E-state index contributed by atoms with van der Waals surface area (Å²) < 4.78 is 11.1. The number of benzene rings is 3. The van der Waals surface area contributed by atoms with Crippen molar-refractivity contribution in [1.82, 2.24) is 4.98 Å². The van der Waals surface area contributed by atoms with Crippen molar-refractivity contribution in [3.8, 4) is 40.0 Å². The highest BCUT2D eigenvalue weighted by molar-refractivity contribution is 8.00. The van der Waals surface area contributed by atoms with Crippen LogP contribution in [0.5, 0.6) is 11.5 Å². The van der Waals surface area contributed by atoms with Crippen LogP contribution >= 0.6 is 11.8 Å². The number of nitrogens with zero attached hydrogens (tertiary/aromatic N) is 3. The molecule has 1 amide bonds. The van der Waals surface area contributed by atoms with Crippen LogP contribution in [0.15, 0.2) is 83.9 Å². The average molecular weight is 541 g/mol. The highest BCUT2D eigenvalue weighted by Crippen LogP contribution is 2.38. The van der Waals surface area contributed by atoms with Crippen molar-refractivity contribution in [2.75, 3.05) is 24.8 Å². The van der Waals surface area contributed by atoms with Crippen LogP contribution in [0.4, 0.5) is 11.4 Å². The first kappa shape index (κ1) is 27.2. The van der Waals surface area contributed by atoms with Crippen molar-refractivity contribution in [3.63, 3.8) is 0 Å². The molecule has 1 N–H and O–H groups in total.